The number of hydrogen-bond donors (Lipinski definition) is 5. The van der Waals surface area contributed by atoms with Crippen LogP contribution in [0.25, 0.3) is 21.2 Å². The van der Waals surface area contributed by atoms with E-state index in [1.807, 2.05) is 34.6 Å². The molecule has 17 nitrogen and oxygen atoms in total. The highest BCUT2D eigenvalue weighted by atomic mass is 32.2. The van der Waals surface area contributed by atoms with Gasteiger partial charge in [0.15, 0.2) is 23.1 Å². The van der Waals surface area contributed by atoms with Gasteiger partial charge in [-0.25, -0.2) is 27.2 Å². The summed E-state index contributed by atoms with van der Waals surface area (Å²) in [6, 6.07) is 22.4. The molecule has 6 aliphatic rings. The number of hydrogen-bond acceptors (Lipinski definition) is 11. The molecule has 5 fully saturated rings. The number of rotatable bonds is 13. The number of likely N-dealkylation sites (tertiary alicyclic amines) is 1. The fourth-order valence-electron chi connectivity index (χ4n) is 13.4. The number of carboxylic acids is 2. The third-order valence-corrected chi connectivity index (χ3v) is 19.5. The number of nitrogens with one attached hydrogen (secondary N) is 3. The molecule has 0 radical (unpaired) electrons. The summed E-state index contributed by atoms with van der Waals surface area (Å²) < 4.78 is 53.0. The number of amides is 5. The number of carbonyl (C=O) groups is 6. The molecule has 11 rings (SSSR count). The second kappa shape index (κ2) is 19.7. The number of benzene rings is 4. The zero-order chi connectivity index (χ0) is 52.4. The Morgan fingerprint density at radius 1 is 0.840 bits per heavy atom. The topological polar surface area (TPSA) is 232 Å². The van der Waals surface area contributed by atoms with Gasteiger partial charge in [-0.05, 0) is 122 Å². The lowest BCUT2D eigenvalue weighted by Gasteiger charge is -2.57. The molecule has 5 aromatic rings. The predicted molar refractivity (Wildman–Crippen MR) is 279 cm³/mol. The second-order valence-corrected chi connectivity index (χ2v) is 23.9. The average molecular weight is 1060 g/mol. The molecule has 3 saturated heterocycles. The molecule has 2 saturated carbocycles. The van der Waals surface area contributed by atoms with Gasteiger partial charge in [0.2, 0.25) is 21.8 Å². The number of carbonyl (C=O) groups excluding carboxylic acids is 4. The van der Waals surface area contributed by atoms with Gasteiger partial charge in [-0.3, -0.25) is 24.6 Å². The number of anilines is 3. The summed E-state index contributed by atoms with van der Waals surface area (Å²) in [5.74, 6) is -5.60. The average Bonchev–Trinajstić information content (AvgIpc) is 4.17. The van der Waals surface area contributed by atoms with Crippen LogP contribution in [0.4, 0.5) is 26.2 Å². The first kappa shape index (κ1) is 50.3. The SMILES string of the molecule is O=C(O)COc1c(C(=O)O)sc(-c2cccc(NC3CC4(CCCC4)N(S(=O)(=O)Cc4cccc(NC(=O)N5CCC(c6ccc7c8c(cccc68)C(=O)N7C6CCC(=O)NC6=O)CC5)c4)C4(CCCC4)C3)c2)c1F. The number of imide groups is 1. The Balaban J connectivity index is 0.763. The van der Waals surface area contributed by atoms with Crippen molar-refractivity contribution in [3.8, 4) is 16.2 Å². The van der Waals surface area contributed by atoms with E-state index in [9.17, 15) is 33.9 Å². The molecule has 1 atom stereocenters. The maximum Gasteiger partial charge on any atom is 0.349 e. The van der Waals surface area contributed by atoms with E-state index in [1.165, 1.54) is 4.90 Å². The van der Waals surface area contributed by atoms with Gasteiger partial charge < -0.3 is 30.5 Å². The smallest absolute Gasteiger partial charge is 0.349 e. The molecule has 0 bridgehead atoms. The van der Waals surface area contributed by atoms with Crippen molar-refractivity contribution in [2.45, 2.75) is 125 Å². The molecule has 75 heavy (non-hydrogen) atoms. The van der Waals surface area contributed by atoms with Gasteiger partial charge in [0.1, 0.15) is 6.04 Å². The third-order valence-electron chi connectivity index (χ3n) is 16.3. The van der Waals surface area contributed by atoms with E-state index >= 15 is 12.8 Å². The first-order valence-corrected chi connectivity index (χ1v) is 28.1. The zero-order valence-electron chi connectivity index (χ0n) is 41.1. The van der Waals surface area contributed by atoms with Crippen molar-refractivity contribution in [3.05, 3.63) is 106 Å². The number of piperidine rings is 3. The number of aromatic carboxylic acids is 1. The zero-order valence-corrected chi connectivity index (χ0v) is 42.7. The molecule has 1 unspecified atom stereocenters. The minimum absolute atomic E-state index is 0.00355. The summed E-state index contributed by atoms with van der Waals surface area (Å²) in [5, 5.41) is 29.7. The van der Waals surface area contributed by atoms with E-state index in [0.717, 1.165) is 42.0 Å². The van der Waals surface area contributed by atoms with Crippen molar-refractivity contribution < 1.29 is 56.5 Å². The van der Waals surface area contributed by atoms with Gasteiger partial charge in [0.25, 0.3) is 5.91 Å². The van der Waals surface area contributed by atoms with E-state index in [1.54, 1.807) is 53.4 Å². The second-order valence-electron chi connectivity index (χ2n) is 21.0. The largest absolute Gasteiger partial charge is 0.479 e. The van der Waals surface area contributed by atoms with Crippen LogP contribution < -0.4 is 25.6 Å². The van der Waals surface area contributed by atoms with E-state index in [-0.39, 0.29) is 53.3 Å². The number of aliphatic carboxylic acids is 1. The van der Waals surface area contributed by atoms with Gasteiger partial charge in [0, 0.05) is 59.0 Å². The molecule has 2 spiro atoms. The summed E-state index contributed by atoms with van der Waals surface area (Å²) in [4.78, 5) is 78.3. The van der Waals surface area contributed by atoms with E-state index < -0.39 is 68.0 Å². The molecular weight excluding hydrogens is 1000 g/mol. The predicted octanol–water partition coefficient (Wildman–Crippen LogP) is 9.08. The van der Waals surface area contributed by atoms with Gasteiger partial charge in [-0.1, -0.05) is 68.1 Å². The summed E-state index contributed by atoms with van der Waals surface area (Å²) in [7, 11) is -3.92. The lowest BCUT2D eigenvalue weighted by Crippen LogP contribution is -2.67. The van der Waals surface area contributed by atoms with Gasteiger partial charge in [-0.2, -0.15) is 4.31 Å². The highest BCUT2D eigenvalue weighted by Gasteiger charge is 2.60. The van der Waals surface area contributed by atoms with Gasteiger partial charge in [-0.15, -0.1) is 11.3 Å². The highest BCUT2D eigenvalue weighted by Crippen LogP contribution is 2.56. The summed E-state index contributed by atoms with van der Waals surface area (Å²) in [6.45, 7) is 0.0484. The van der Waals surface area contributed by atoms with Crippen molar-refractivity contribution in [1.82, 2.24) is 14.5 Å². The lowest BCUT2D eigenvalue weighted by atomic mass is 9.74. The van der Waals surface area contributed by atoms with Crippen LogP contribution in [0.1, 0.15) is 127 Å². The van der Waals surface area contributed by atoms with Crippen molar-refractivity contribution in [1.29, 1.82) is 0 Å². The number of thiophene rings is 1. The first-order chi connectivity index (χ1) is 36.0. The molecular formula is C55H57FN6O11S2. The highest BCUT2D eigenvalue weighted by molar-refractivity contribution is 7.88. The maximum absolute atomic E-state index is 15.7. The van der Waals surface area contributed by atoms with Crippen LogP contribution in [0.5, 0.6) is 5.75 Å². The molecule has 392 valence electrons. The van der Waals surface area contributed by atoms with Crippen LogP contribution >= 0.6 is 11.3 Å². The summed E-state index contributed by atoms with van der Waals surface area (Å²) in [5.41, 5.74) is 3.08. The van der Waals surface area contributed by atoms with E-state index in [2.05, 4.69) is 16.0 Å². The van der Waals surface area contributed by atoms with Crippen LogP contribution in [0.15, 0.2) is 78.9 Å². The number of sulfonamides is 1. The first-order valence-electron chi connectivity index (χ1n) is 25.7. The molecule has 2 aliphatic carbocycles. The monoisotopic (exact) mass is 1060 g/mol. The maximum atomic E-state index is 15.7. The van der Waals surface area contributed by atoms with Crippen molar-refractivity contribution in [3.63, 3.8) is 0 Å². The lowest BCUT2D eigenvalue weighted by molar-refractivity contribution is -0.139. The molecule has 4 aliphatic heterocycles. The van der Waals surface area contributed by atoms with Crippen molar-refractivity contribution in [2.24, 2.45) is 0 Å². The number of carboxylic acid groups (broad SMARTS) is 2. The van der Waals surface area contributed by atoms with Crippen molar-refractivity contribution in [2.75, 3.05) is 35.2 Å². The van der Waals surface area contributed by atoms with Gasteiger partial charge >= 0.3 is 18.0 Å². The van der Waals surface area contributed by atoms with E-state index in [0.29, 0.717) is 110 Å². The summed E-state index contributed by atoms with van der Waals surface area (Å²) >= 11 is 0.665. The third kappa shape index (κ3) is 9.27. The minimum Gasteiger partial charge on any atom is -0.479 e. The number of urea groups is 1. The standard InChI is InChI=1S/C55H57FN6O11S2/c56-46-47(73-30-44(64)65)49(52(68)69)74-48(46)34-9-6-11-36(27-34)57-37-28-54(20-1-2-21-54)62(55(29-37)22-3-4-23-55)75(71,72)31-32-8-5-10-35(26-32)58-53(70)60-24-18-33(19-25-60)38-14-15-41-45-39(38)12-7-13-40(45)51(67)61(41)42-16-17-43(63)59-50(42)66/h5-15,26-27,33,37,42,57H,1-4,16-25,28-31H2,(H,58,70)(H,64,65)(H,68,69)(H,59,63,66). The normalized spacial score (nSPS) is 21.5. The van der Waals surface area contributed by atoms with Crippen LogP contribution in [0.3, 0.4) is 0 Å². The number of halogens is 1. The Morgan fingerprint density at radius 3 is 2.20 bits per heavy atom. The van der Waals surface area contributed by atoms with Crippen LogP contribution in [-0.4, -0.2) is 106 Å². The summed E-state index contributed by atoms with van der Waals surface area (Å²) in [6.07, 6.45) is 9.25. The number of ether oxygens (including phenoxy) is 1. The van der Waals surface area contributed by atoms with E-state index in [4.69, 9.17) is 9.84 Å². The molecule has 5 amide bonds. The van der Waals surface area contributed by atoms with Crippen LogP contribution in [-0.2, 0) is 30.2 Å². The Kier molecular flexibility index (Phi) is 13.2. The number of nitrogens with zero attached hydrogens (tertiary/aromatic N) is 3. The van der Waals surface area contributed by atoms with Crippen molar-refractivity contribution >= 4 is 84.9 Å². The molecule has 20 heteroatoms. The molecule has 5 heterocycles. The molecule has 4 aromatic carbocycles. The molecule has 1 aromatic heterocycles. The van der Waals surface area contributed by atoms with Crippen LogP contribution in [0.2, 0.25) is 0 Å². The molecule has 5 N–H and O–H groups in total. The Morgan fingerprint density at radius 2 is 1.52 bits per heavy atom. The Labute approximate surface area is 436 Å². The van der Waals surface area contributed by atoms with Crippen LogP contribution in [0, 0.1) is 5.82 Å². The van der Waals surface area contributed by atoms with Gasteiger partial charge in [0.05, 0.1) is 16.3 Å². The fraction of sp³-hybridized carbons (Fsp3) is 0.418. The minimum atomic E-state index is -3.92. The quantitative estimate of drug-likeness (QED) is 0.0695. The fourth-order valence-corrected chi connectivity index (χ4v) is 16.8. The Hall–Kier alpha value is -6.90. The Bertz CT molecular complexity index is 3260.